The number of amides is 1. The third kappa shape index (κ3) is 5.58. The minimum absolute atomic E-state index is 0.184. The fourth-order valence-corrected chi connectivity index (χ4v) is 3.56. The summed E-state index contributed by atoms with van der Waals surface area (Å²) in [6.45, 7) is -0.521. The van der Waals surface area contributed by atoms with Gasteiger partial charge < -0.3 is 10.1 Å². The standard InChI is InChI=1S/C25H19ClF3N3O2/c26-19-11-5-7-13-21(19)32-24(15-22(31-32)25(27,28)29)34-16-23(33)30-20-12-6-4-10-18(20)14-17-8-2-1-3-9-17/h1-13,15H,14,16H2,(H,30,33). The summed E-state index contributed by atoms with van der Waals surface area (Å²) in [7, 11) is 0. The van der Waals surface area contributed by atoms with Gasteiger partial charge in [-0.1, -0.05) is 72.3 Å². The number of ether oxygens (including phenoxy) is 1. The third-order valence-electron chi connectivity index (χ3n) is 4.93. The molecule has 1 aromatic heterocycles. The Morgan fingerprint density at radius 2 is 1.65 bits per heavy atom. The van der Waals surface area contributed by atoms with Crippen LogP contribution in [-0.4, -0.2) is 22.3 Å². The fraction of sp³-hybridized carbons (Fsp3) is 0.120. The maximum absolute atomic E-state index is 13.3. The Morgan fingerprint density at radius 1 is 0.971 bits per heavy atom. The Balaban J connectivity index is 1.51. The van der Waals surface area contributed by atoms with E-state index in [0.717, 1.165) is 21.9 Å². The van der Waals surface area contributed by atoms with E-state index in [1.807, 2.05) is 42.5 Å². The zero-order chi connectivity index (χ0) is 24.1. The Kier molecular flexibility index (Phi) is 6.88. The molecule has 4 rings (SSSR count). The van der Waals surface area contributed by atoms with E-state index in [-0.39, 0.29) is 16.6 Å². The molecule has 0 fully saturated rings. The first-order valence-corrected chi connectivity index (χ1v) is 10.7. The monoisotopic (exact) mass is 485 g/mol. The van der Waals surface area contributed by atoms with Gasteiger partial charge in [0, 0.05) is 11.8 Å². The van der Waals surface area contributed by atoms with Crippen molar-refractivity contribution in [3.05, 3.63) is 107 Å². The average Bonchev–Trinajstić information content (AvgIpc) is 3.25. The number of nitrogens with zero attached hydrogens (tertiary/aromatic N) is 2. The molecule has 0 spiro atoms. The summed E-state index contributed by atoms with van der Waals surface area (Å²) >= 11 is 6.13. The molecule has 174 valence electrons. The van der Waals surface area contributed by atoms with E-state index in [0.29, 0.717) is 12.1 Å². The maximum Gasteiger partial charge on any atom is 0.435 e. The SMILES string of the molecule is O=C(COc1cc(C(F)(F)F)nn1-c1ccccc1Cl)Nc1ccccc1Cc1ccccc1. The van der Waals surface area contributed by atoms with Gasteiger partial charge in [0.05, 0.1) is 10.7 Å². The summed E-state index contributed by atoms with van der Waals surface area (Å²) < 4.78 is 46.2. The van der Waals surface area contributed by atoms with Gasteiger partial charge in [-0.15, -0.1) is 0 Å². The molecule has 5 nitrogen and oxygen atoms in total. The maximum atomic E-state index is 13.3. The molecule has 9 heteroatoms. The van der Waals surface area contributed by atoms with Crippen LogP contribution in [0.4, 0.5) is 18.9 Å². The van der Waals surface area contributed by atoms with E-state index in [2.05, 4.69) is 10.4 Å². The number of carbonyl (C=O) groups is 1. The number of hydrogen-bond donors (Lipinski definition) is 1. The molecule has 0 atom stereocenters. The summed E-state index contributed by atoms with van der Waals surface area (Å²) in [6.07, 6.45) is -4.09. The van der Waals surface area contributed by atoms with Gasteiger partial charge in [0.15, 0.2) is 12.3 Å². The van der Waals surface area contributed by atoms with E-state index < -0.39 is 24.4 Å². The summed E-state index contributed by atoms with van der Waals surface area (Å²) in [5, 5.41) is 6.54. The number of hydrogen-bond acceptors (Lipinski definition) is 3. The predicted octanol–water partition coefficient (Wildman–Crippen LogP) is 6.15. The number of alkyl halides is 3. The van der Waals surface area contributed by atoms with Gasteiger partial charge in [0.25, 0.3) is 5.91 Å². The number of halogens is 4. The highest BCUT2D eigenvalue weighted by atomic mass is 35.5. The number of aromatic nitrogens is 2. The summed E-state index contributed by atoms with van der Waals surface area (Å²) in [5.41, 5.74) is 1.60. The summed E-state index contributed by atoms with van der Waals surface area (Å²) in [4.78, 5) is 12.6. The van der Waals surface area contributed by atoms with Gasteiger partial charge in [-0.05, 0) is 35.7 Å². The topological polar surface area (TPSA) is 56.1 Å². The summed E-state index contributed by atoms with van der Waals surface area (Å²) in [6, 6.07) is 24.1. The molecule has 1 amide bonds. The molecule has 0 saturated carbocycles. The Bertz CT molecular complexity index is 1290. The van der Waals surface area contributed by atoms with E-state index >= 15 is 0 Å². The van der Waals surface area contributed by atoms with Crippen molar-refractivity contribution in [3.63, 3.8) is 0 Å². The van der Waals surface area contributed by atoms with Crippen LogP contribution in [0, 0.1) is 0 Å². The van der Waals surface area contributed by atoms with Crippen LogP contribution in [0.3, 0.4) is 0 Å². The van der Waals surface area contributed by atoms with Gasteiger partial charge in [-0.3, -0.25) is 4.79 Å². The summed E-state index contributed by atoms with van der Waals surface area (Å²) in [5.74, 6) is -0.783. The lowest BCUT2D eigenvalue weighted by Gasteiger charge is -2.13. The number of benzene rings is 3. The molecule has 34 heavy (non-hydrogen) atoms. The van der Waals surface area contributed by atoms with Crippen molar-refractivity contribution >= 4 is 23.2 Å². The Morgan fingerprint density at radius 3 is 2.38 bits per heavy atom. The van der Waals surface area contributed by atoms with Gasteiger partial charge in [-0.2, -0.15) is 23.0 Å². The first kappa shape index (κ1) is 23.4. The second-order valence-corrected chi connectivity index (χ2v) is 7.79. The molecular weight excluding hydrogens is 467 g/mol. The first-order chi connectivity index (χ1) is 16.3. The molecular formula is C25H19ClF3N3O2. The van der Waals surface area contributed by atoms with Crippen LogP contribution in [0.25, 0.3) is 5.69 Å². The molecule has 0 saturated heterocycles. The van der Waals surface area contributed by atoms with Gasteiger partial charge in [-0.25, -0.2) is 0 Å². The second kappa shape index (κ2) is 10.0. The first-order valence-electron chi connectivity index (χ1n) is 10.3. The molecule has 1 N–H and O–H groups in total. The molecule has 0 aliphatic carbocycles. The lowest BCUT2D eigenvalue weighted by molar-refractivity contribution is -0.141. The van der Waals surface area contributed by atoms with Crippen molar-refractivity contribution in [2.75, 3.05) is 11.9 Å². The smallest absolute Gasteiger partial charge is 0.435 e. The highest BCUT2D eigenvalue weighted by Crippen LogP contribution is 2.33. The van der Waals surface area contributed by atoms with E-state index in [4.69, 9.17) is 16.3 Å². The molecule has 0 radical (unpaired) electrons. The molecule has 1 heterocycles. The van der Waals surface area contributed by atoms with Gasteiger partial charge >= 0.3 is 6.18 Å². The molecule has 0 aliphatic rings. The van der Waals surface area contributed by atoms with Crippen LogP contribution < -0.4 is 10.1 Å². The van der Waals surface area contributed by atoms with Crippen LogP contribution in [-0.2, 0) is 17.4 Å². The highest BCUT2D eigenvalue weighted by Gasteiger charge is 2.36. The van der Waals surface area contributed by atoms with Crippen molar-refractivity contribution in [1.82, 2.24) is 9.78 Å². The minimum Gasteiger partial charge on any atom is -0.467 e. The normalized spacial score (nSPS) is 11.3. The van der Waals surface area contributed by atoms with Crippen LogP contribution in [0.2, 0.25) is 5.02 Å². The fourth-order valence-electron chi connectivity index (χ4n) is 3.34. The van der Waals surface area contributed by atoms with Crippen molar-refractivity contribution in [2.45, 2.75) is 12.6 Å². The van der Waals surface area contributed by atoms with Crippen molar-refractivity contribution in [1.29, 1.82) is 0 Å². The molecule has 0 unspecified atom stereocenters. The third-order valence-corrected chi connectivity index (χ3v) is 5.25. The number of para-hydroxylation sites is 2. The van der Waals surface area contributed by atoms with E-state index in [1.54, 1.807) is 24.3 Å². The van der Waals surface area contributed by atoms with E-state index in [1.165, 1.54) is 12.1 Å². The number of anilines is 1. The molecule has 0 aliphatic heterocycles. The predicted molar refractivity (Wildman–Crippen MR) is 123 cm³/mol. The highest BCUT2D eigenvalue weighted by molar-refractivity contribution is 6.32. The Labute approximate surface area is 198 Å². The zero-order valence-corrected chi connectivity index (χ0v) is 18.5. The largest absolute Gasteiger partial charge is 0.467 e. The van der Waals surface area contributed by atoms with Crippen LogP contribution >= 0.6 is 11.6 Å². The molecule has 4 aromatic rings. The van der Waals surface area contributed by atoms with Crippen LogP contribution in [0.5, 0.6) is 5.88 Å². The van der Waals surface area contributed by atoms with Crippen molar-refractivity contribution in [3.8, 4) is 11.6 Å². The van der Waals surface area contributed by atoms with Gasteiger partial charge in [0.1, 0.15) is 0 Å². The minimum atomic E-state index is -4.69. The number of rotatable bonds is 7. The van der Waals surface area contributed by atoms with Crippen molar-refractivity contribution < 1.29 is 22.7 Å². The Hall–Kier alpha value is -3.78. The van der Waals surface area contributed by atoms with Crippen LogP contribution in [0.15, 0.2) is 84.9 Å². The average molecular weight is 486 g/mol. The molecule has 0 bridgehead atoms. The zero-order valence-electron chi connectivity index (χ0n) is 17.7. The van der Waals surface area contributed by atoms with Crippen molar-refractivity contribution in [2.24, 2.45) is 0 Å². The number of carbonyl (C=O) groups excluding carboxylic acids is 1. The quantitative estimate of drug-likeness (QED) is 0.341. The van der Waals surface area contributed by atoms with E-state index in [9.17, 15) is 18.0 Å². The van der Waals surface area contributed by atoms with Crippen LogP contribution in [0.1, 0.15) is 16.8 Å². The molecule has 3 aromatic carbocycles. The van der Waals surface area contributed by atoms with Gasteiger partial charge in [0.2, 0.25) is 5.88 Å². The lowest BCUT2D eigenvalue weighted by Crippen LogP contribution is -2.21. The second-order valence-electron chi connectivity index (χ2n) is 7.39. The number of nitrogens with one attached hydrogen (secondary N) is 1. The lowest BCUT2D eigenvalue weighted by atomic mass is 10.0.